The molecule has 0 saturated carbocycles. The number of nitrogens with zero attached hydrogens (tertiary/aromatic N) is 1. The summed E-state index contributed by atoms with van der Waals surface area (Å²) in [6.45, 7) is 12.0. The molecule has 1 unspecified atom stereocenters. The van der Waals surface area contributed by atoms with Gasteiger partial charge in [0.1, 0.15) is 11.6 Å². The van der Waals surface area contributed by atoms with E-state index < -0.39 is 17.7 Å². The van der Waals surface area contributed by atoms with Crippen molar-refractivity contribution in [3.05, 3.63) is 35.4 Å². The van der Waals surface area contributed by atoms with Crippen LogP contribution in [0.4, 0.5) is 4.79 Å². The van der Waals surface area contributed by atoms with Gasteiger partial charge in [0.25, 0.3) is 0 Å². The number of carbonyl (C=O) groups excluding carboxylic acids is 2. The Balaban J connectivity index is 1.74. The summed E-state index contributed by atoms with van der Waals surface area (Å²) in [7, 11) is 0. The number of aryl methyl sites for hydroxylation is 1. The standard InChI is InChI=1S/C21H33N3O3/c1-15-8-6-7-9-17(15)14-24-12-10-18(11-13-24)23-19(25)16(2)22-20(26)27-21(3,4)5/h6-9,16,18H,10-14H2,1-5H3,(H,22,26)(H,23,25). The fourth-order valence-electron chi connectivity index (χ4n) is 3.14. The van der Waals surface area contributed by atoms with E-state index in [1.54, 1.807) is 27.7 Å². The van der Waals surface area contributed by atoms with Gasteiger partial charge < -0.3 is 15.4 Å². The van der Waals surface area contributed by atoms with E-state index >= 15 is 0 Å². The summed E-state index contributed by atoms with van der Waals surface area (Å²) in [5.41, 5.74) is 2.09. The van der Waals surface area contributed by atoms with Crippen LogP contribution in [0.15, 0.2) is 24.3 Å². The van der Waals surface area contributed by atoms with E-state index in [1.807, 2.05) is 0 Å². The third kappa shape index (κ3) is 7.21. The van der Waals surface area contributed by atoms with Gasteiger partial charge in [-0.3, -0.25) is 9.69 Å². The zero-order valence-electron chi connectivity index (χ0n) is 17.2. The van der Waals surface area contributed by atoms with Crippen LogP contribution in [0.1, 0.15) is 51.7 Å². The molecule has 150 valence electrons. The van der Waals surface area contributed by atoms with Crippen LogP contribution in [0.5, 0.6) is 0 Å². The number of hydrogen-bond donors (Lipinski definition) is 2. The molecule has 2 amide bonds. The number of likely N-dealkylation sites (tertiary alicyclic amines) is 1. The Morgan fingerprint density at radius 2 is 1.85 bits per heavy atom. The minimum atomic E-state index is -0.621. The Morgan fingerprint density at radius 3 is 2.44 bits per heavy atom. The fourth-order valence-corrected chi connectivity index (χ4v) is 3.14. The Labute approximate surface area is 162 Å². The van der Waals surface area contributed by atoms with Gasteiger partial charge in [-0.15, -0.1) is 0 Å². The van der Waals surface area contributed by atoms with Gasteiger partial charge in [-0.2, -0.15) is 0 Å². The van der Waals surface area contributed by atoms with E-state index in [1.165, 1.54) is 11.1 Å². The monoisotopic (exact) mass is 375 g/mol. The van der Waals surface area contributed by atoms with Crippen LogP contribution < -0.4 is 10.6 Å². The topological polar surface area (TPSA) is 70.7 Å². The first kappa shape index (κ1) is 21.2. The molecule has 1 heterocycles. The molecule has 0 radical (unpaired) electrons. The molecule has 0 aromatic heterocycles. The highest BCUT2D eigenvalue weighted by atomic mass is 16.6. The minimum Gasteiger partial charge on any atom is -0.444 e. The molecule has 0 bridgehead atoms. The predicted octanol–water partition coefficient (Wildman–Crippen LogP) is 2.99. The van der Waals surface area contributed by atoms with Crippen molar-refractivity contribution in [2.45, 2.75) is 71.7 Å². The van der Waals surface area contributed by atoms with Gasteiger partial charge in [0.15, 0.2) is 0 Å². The van der Waals surface area contributed by atoms with E-state index in [0.29, 0.717) is 0 Å². The molecule has 0 aliphatic carbocycles. The second-order valence-corrected chi connectivity index (χ2v) is 8.35. The lowest BCUT2D eigenvalue weighted by atomic mass is 10.0. The second kappa shape index (κ2) is 9.22. The quantitative estimate of drug-likeness (QED) is 0.830. The smallest absolute Gasteiger partial charge is 0.408 e. The maximum Gasteiger partial charge on any atom is 0.408 e. The summed E-state index contributed by atoms with van der Waals surface area (Å²) in [6, 6.07) is 7.98. The molecule has 0 spiro atoms. The van der Waals surface area contributed by atoms with Crippen molar-refractivity contribution in [1.82, 2.24) is 15.5 Å². The zero-order chi connectivity index (χ0) is 20.0. The van der Waals surface area contributed by atoms with Crippen LogP contribution in [0.2, 0.25) is 0 Å². The van der Waals surface area contributed by atoms with Gasteiger partial charge in [0.2, 0.25) is 5.91 Å². The van der Waals surface area contributed by atoms with Gasteiger partial charge in [0.05, 0.1) is 0 Å². The number of nitrogens with one attached hydrogen (secondary N) is 2. The highest BCUT2D eigenvalue weighted by Gasteiger charge is 2.25. The number of piperidine rings is 1. The molecule has 27 heavy (non-hydrogen) atoms. The minimum absolute atomic E-state index is 0.147. The fraction of sp³-hybridized carbons (Fsp3) is 0.619. The second-order valence-electron chi connectivity index (χ2n) is 8.35. The highest BCUT2D eigenvalue weighted by Crippen LogP contribution is 2.16. The molecular formula is C21H33N3O3. The van der Waals surface area contributed by atoms with Crippen LogP contribution in [0, 0.1) is 6.92 Å². The van der Waals surface area contributed by atoms with Gasteiger partial charge >= 0.3 is 6.09 Å². The molecule has 6 nitrogen and oxygen atoms in total. The summed E-state index contributed by atoms with van der Waals surface area (Å²) in [4.78, 5) is 26.5. The van der Waals surface area contributed by atoms with Crippen LogP contribution in [-0.2, 0) is 16.1 Å². The van der Waals surface area contributed by atoms with Gasteiger partial charge in [-0.1, -0.05) is 24.3 Å². The summed E-state index contributed by atoms with van der Waals surface area (Å²) < 4.78 is 5.19. The molecule has 6 heteroatoms. The van der Waals surface area contributed by atoms with Gasteiger partial charge in [-0.05, 0) is 58.6 Å². The van der Waals surface area contributed by atoms with Crippen molar-refractivity contribution in [1.29, 1.82) is 0 Å². The maximum absolute atomic E-state index is 12.3. The maximum atomic E-state index is 12.3. The van der Waals surface area contributed by atoms with Crippen LogP contribution >= 0.6 is 0 Å². The van der Waals surface area contributed by atoms with E-state index in [-0.39, 0.29) is 11.9 Å². The average molecular weight is 376 g/mol. The Morgan fingerprint density at radius 1 is 1.22 bits per heavy atom. The van der Waals surface area contributed by atoms with E-state index in [4.69, 9.17) is 4.74 Å². The molecule has 2 rings (SSSR count). The lowest BCUT2D eigenvalue weighted by Crippen LogP contribution is -2.51. The van der Waals surface area contributed by atoms with Crippen molar-refractivity contribution in [2.75, 3.05) is 13.1 Å². The molecule has 2 N–H and O–H groups in total. The van der Waals surface area contributed by atoms with E-state index in [9.17, 15) is 9.59 Å². The van der Waals surface area contributed by atoms with Crippen molar-refractivity contribution >= 4 is 12.0 Å². The third-order valence-corrected chi connectivity index (χ3v) is 4.72. The van der Waals surface area contributed by atoms with Crippen molar-refractivity contribution in [2.24, 2.45) is 0 Å². The first-order valence-corrected chi connectivity index (χ1v) is 9.71. The number of benzene rings is 1. The zero-order valence-corrected chi connectivity index (χ0v) is 17.2. The highest BCUT2D eigenvalue weighted by molar-refractivity contribution is 5.85. The molecule has 1 fully saturated rings. The number of ether oxygens (including phenoxy) is 1. The normalized spacial score (nSPS) is 17.2. The lowest BCUT2D eigenvalue weighted by Gasteiger charge is -2.33. The first-order chi connectivity index (χ1) is 12.6. The Bertz CT molecular complexity index is 646. The number of rotatable bonds is 5. The van der Waals surface area contributed by atoms with Crippen LogP contribution in [0.25, 0.3) is 0 Å². The summed E-state index contributed by atoms with van der Waals surface area (Å²) in [6.07, 6.45) is 1.26. The lowest BCUT2D eigenvalue weighted by molar-refractivity contribution is -0.123. The van der Waals surface area contributed by atoms with Crippen molar-refractivity contribution < 1.29 is 14.3 Å². The third-order valence-electron chi connectivity index (χ3n) is 4.72. The number of hydrogen-bond acceptors (Lipinski definition) is 4. The van der Waals surface area contributed by atoms with Gasteiger partial charge in [0, 0.05) is 25.7 Å². The van der Waals surface area contributed by atoms with Crippen LogP contribution in [-0.4, -0.2) is 47.7 Å². The Kier molecular flexibility index (Phi) is 7.25. The number of alkyl carbamates (subject to hydrolysis) is 1. The van der Waals surface area contributed by atoms with E-state index in [2.05, 4.69) is 46.7 Å². The summed E-state index contributed by atoms with van der Waals surface area (Å²) in [5.74, 6) is -0.168. The molecule has 1 aromatic rings. The average Bonchev–Trinajstić information content (AvgIpc) is 2.56. The Hall–Kier alpha value is -2.08. The molecule has 1 aliphatic heterocycles. The molecule has 1 saturated heterocycles. The molecule has 1 atom stereocenters. The van der Waals surface area contributed by atoms with Gasteiger partial charge in [-0.25, -0.2) is 4.79 Å². The largest absolute Gasteiger partial charge is 0.444 e. The summed E-state index contributed by atoms with van der Waals surface area (Å²) >= 11 is 0. The number of amides is 2. The van der Waals surface area contributed by atoms with Crippen molar-refractivity contribution in [3.8, 4) is 0 Å². The SMILES string of the molecule is Cc1ccccc1CN1CCC(NC(=O)C(C)NC(=O)OC(C)(C)C)CC1. The molecule has 1 aliphatic rings. The van der Waals surface area contributed by atoms with Crippen molar-refractivity contribution in [3.63, 3.8) is 0 Å². The first-order valence-electron chi connectivity index (χ1n) is 9.71. The summed E-state index contributed by atoms with van der Waals surface area (Å²) in [5, 5.41) is 5.64. The number of carbonyl (C=O) groups is 2. The molecule has 1 aromatic carbocycles. The molecular weight excluding hydrogens is 342 g/mol. The predicted molar refractivity (Wildman–Crippen MR) is 106 cm³/mol. The van der Waals surface area contributed by atoms with E-state index in [0.717, 1.165) is 32.5 Å². The van der Waals surface area contributed by atoms with Crippen LogP contribution in [0.3, 0.4) is 0 Å².